The first-order chi connectivity index (χ1) is 7.86. The van der Waals surface area contributed by atoms with E-state index in [0.717, 1.165) is 18.5 Å². The van der Waals surface area contributed by atoms with Crippen LogP contribution in [0, 0.1) is 11.3 Å². The molecule has 2 heteroatoms. The van der Waals surface area contributed by atoms with E-state index in [4.69, 9.17) is 5.26 Å². The predicted octanol–water partition coefficient (Wildman–Crippen LogP) is 1.80. The van der Waals surface area contributed by atoms with Crippen molar-refractivity contribution in [2.75, 3.05) is 0 Å². The molecule has 0 N–H and O–H groups in total. The highest BCUT2D eigenvalue weighted by atomic mass is 15.0. The van der Waals surface area contributed by atoms with Gasteiger partial charge in [0.25, 0.3) is 0 Å². The monoisotopic (exact) mass is 207 g/mol. The van der Waals surface area contributed by atoms with Crippen LogP contribution in [0.3, 0.4) is 0 Å². The van der Waals surface area contributed by atoms with E-state index in [9.17, 15) is 0 Å². The van der Waals surface area contributed by atoms with Crippen LogP contribution < -0.4 is 4.57 Å². The molecule has 0 radical (unpaired) electrons. The number of nitrogens with zero attached hydrogens (tertiary/aromatic N) is 2. The Morgan fingerprint density at radius 2 is 2.06 bits per heavy atom. The Labute approximate surface area is 94.4 Å². The lowest BCUT2D eigenvalue weighted by atomic mass is 9.96. The first kappa shape index (κ1) is 9.11. The van der Waals surface area contributed by atoms with Crippen LogP contribution in [0.5, 0.6) is 0 Å². The van der Waals surface area contributed by atoms with Gasteiger partial charge in [-0.3, -0.25) is 0 Å². The fourth-order valence-electron chi connectivity index (χ4n) is 2.22. The zero-order chi connectivity index (χ0) is 11.0. The lowest BCUT2D eigenvalue weighted by Crippen LogP contribution is -2.41. The van der Waals surface area contributed by atoms with Gasteiger partial charge in [0.15, 0.2) is 18.4 Å². The number of nitriles is 1. The van der Waals surface area contributed by atoms with Crippen molar-refractivity contribution in [2.45, 2.75) is 13.0 Å². The number of hydrogen-bond acceptors (Lipinski definition) is 1. The Bertz CT molecular complexity index is 594. The quantitative estimate of drug-likeness (QED) is 0.516. The summed E-state index contributed by atoms with van der Waals surface area (Å²) in [6.45, 7) is 0.876. The molecule has 2 aromatic rings. The van der Waals surface area contributed by atoms with E-state index in [1.807, 2.05) is 18.2 Å². The van der Waals surface area contributed by atoms with Gasteiger partial charge in [0.2, 0.25) is 0 Å². The standard InChI is InChI=1S/C14H11N2/c15-9-11-4-5-12-8-14-3-1-2-6-16(14)10-13(12)7-11/h1-7H,8,10H2/q+1. The third kappa shape index (κ3) is 1.38. The maximum Gasteiger partial charge on any atom is 0.186 e. The molecular weight excluding hydrogens is 196 g/mol. The van der Waals surface area contributed by atoms with Gasteiger partial charge in [-0.1, -0.05) is 12.1 Å². The van der Waals surface area contributed by atoms with Gasteiger partial charge >= 0.3 is 0 Å². The molecule has 76 valence electrons. The van der Waals surface area contributed by atoms with Crippen molar-refractivity contribution >= 4 is 0 Å². The summed E-state index contributed by atoms with van der Waals surface area (Å²) in [6, 6.07) is 14.4. The zero-order valence-electron chi connectivity index (χ0n) is 8.85. The first-order valence-electron chi connectivity index (χ1n) is 5.36. The molecule has 2 heterocycles. The molecule has 0 spiro atoms. The van der Waals surface area contributed by atoms with Crippen molar-refractivity contribution in [1.82, 2.24) is 0 Å². The van der Waals surface area contributed by atoms with Crippen LogP contribution in [0.4, 0.5) is 0 Å². The minimum absolute atomic E-state index is 0.749. The molecule has 2 nitrogen and oxygen atoms in total. The normalized spacial score (nSPS) is 12.4. The molecule has 0 atom stereocenters. The average molecular weight is 207 g/mol. The Kier molecular flexibility index (Phi) is 1.97. The summed E-state index contributed by atoms with van der Waals surface area (Å²) < 4.78 is 2.24. The predicted molar refractivity (Wildman–Crippen MR) is 59.7 cm³/mol. The summed E-state index contributed by atoms with van der Waals surface area (Å²) in [5.74, 6) is 0. The van der Waals surface area contributed by atoms with E-state index in [-0.39, 0.29) is 0 Å². The second-order valence-corrected chi connectivity index (χ2v) is 4.09. The second kappa shape index (κ2) is 3.46. The fourth-order valence-corrected chi connectivity index (χ4v) is 2.22. The maximum absolute atomic E-state index is 8.88. The van der Waals surface area contributed by atoms with E-state index in [1.165, 1.54) is 16.8 Å². The highest BCUT2D eigenvalue weighted by Gasteiger charge is 2.20. The van der Waals surface area contributed by atoms with Gasteiger partial charge in [-0.05, 0) is 17.7 Å². The molecule has 1 aromatic heterocycles. The topological polar surface area (TPSA) is 27.7 Å². The molecule has 0 saturated heterocycles. The summed E-state index contributed by atoms with van der Waals surface area (Å²) in [5.41, 5.74) is 4.69. The van der Waals surface area contributed by atoms with Gasteiger partial charge in [0, 0.05) is 17.7 Å². The minimum atomic E-state index is 0.749. The van der Waals surface area contributed by atoms with Crippen molar-refractivity contribution in [3.8, 4) is 6.07 Å². The Morgan fingerprint density at radius 1 is 1.12 bits per heavy atom. The molecule has 0 fully saturated rings. The molecule has 1 aliphatic rings. The minimum Gasteiger partial charge on any atom is -0.198 e. The third-order valence-corrected chi connectivity index (χ3v) is 3.08. The molecule has 0 amide bonds. The lowest BCUT2D eigenvalue weighted by molar-refractivity contribution is -0.697. The van der Waals surface area contributed by atoms with Crippen molar-refractivity contribution in [2.24, 2.45) is 0 Å². The van der Waals surface area contributed by atoms with Crippen LogP contribution in [0.2, 0.25) is 0 Å². The molecule has 1 aliphatic heterocycles. The van der Waals surface area contributed by atoms with Crippen molar-refractivity contribution < 1.29 is 4.57 Å². The number of benzene rings is 1. The second-order valence-electron chi connectivity index (χ2n) is 4.09. The summed E-state index contributed by atoms with van der Waals surface area (Å²) in [7, 11) is 0. The molecule has 16 heavy (non-hydrogen) atoms. The van der Waals surface area contributed by atoms with Gasteiger partial charge in [0.1, 0.15) is 0 Å². The van der Waals surface area contributed by atoms with E-state index in [1.54, 1.807) is 0 Å². The number of pyridine rings is 1. The van der Waals surface area contributed by atoms with Crippen LogP contribution in [0.15, 0.2) is 42.6 Å². The van der Waals surface area contributed by atoms with Gasteiger partial charge in [-0.25, -0.2) is 0 Å². The molecule has 0 bridgehead atoms. The van der Waals surface area contributed by atoms with E-state index >= 15 is 0 Å². The van der Waals surface area contributed by atoms with Gasteiger partial charge < -0.3 is 0 Å². The van der Waals surface area contributed by atoms with Crippen LogP contribution in [-0.2, 0) is 13.0 Å². The lowest BCUT2D eigenvalue weighted by Gasteiger charge is -2.14. The summed E-state index contributed by atoms with van der Waals surface area (Å²) in [4.78, 5) is 0. The number of aromatic nitrogens is 1. The van der Waals surface area contributed by atoms with Crippen LogP contribution in [0.25, 0.3) is 0 Å². The fraction of sp³-hybridized carbons (Fsp3) is 0.143. The smallest absolute Gasteiger partial charge is 0.186 e. The largest absolute Gasteiger partial charge is 0.198 e. The van der Waals surface area contributed by atoms with E-state index in [0.29, 0.717) is 0 Å². The molecule has 1 aromatic carbocycles. The van der Waals surface area contributed by atoms with Crippen LogP contribution in [-0.4, -0.2) is 0 Å². The van der Waals surface area contributed by atoms with E-state index < -0.39 is 0 Å². The zero-order valence-corrected chi connectivity index (χ0v) is 8.85. The number of rotatable bonds is 0. The molecular formula is C14H11N2+. The Morgan fingerprint density at radius 3 is 2.94 bits per heavy atom. The number of fused-ring (bicyclic) bond motifs is 2. The highest BCUT2D eigenvalue weighted by Crippen LogP contribution is 2.18. The molecule has 0 saturated carbocycles. The van der Waals surface area contributed by atoms with Gasteiger partial charge in [-0.2, -0.15) is 9.83 Å². The third-order valence-electron chi connectivity index (χ3n) is 3.08. The molecule has 3 rings (SSSR count). The maximum atomic E-state index is 8.88. The van der Waals surface area contributed by atoms with Crippen LogP contribution >= 0.6 is 0 Å². The SMILES string of the molecule is N#Cc1ccc2c(c1)C[n+]1ccccc1C2. The van der Waals surface area contributed by atoms with Crippen molar-refractivity contribution in [1.29, 1.82) is 5.26 Å². The average Bonchev–Trinajstić information content (AvgIpc) is 2.35. The summed E-state index contributed by atoms with van der Waals surface area (Å²) in [6.07, 6.45) is 3.05. The Hall–Kier alpha value is -2.14. The Balaban J connectivity index is 2.09. The van der Waals surface area contributed by atoms with Gasteiger partial charge in [0.05, 0.1) is 18.1 Å². The summed E-state index contributed by atoms with van der Waals surface area (Å²) in [5, 5.41) is 8.88. The molecule has 0 unspecified atom stereocenters. The van der Waals surface area contributed by atoms with Gasteiger partial charge in [-0.15, -0.1) is 0 Å². The van der Waals surface area contributed by atoms with Crippen LogP contribution in [0.1, 0.15) is 22.4 Å². The van der Waals surface area contributed by atoms with Crippen molar-refractivity contribution in [3.63, 3.8) is 0 Å². The molecule has 0 aliphatic carbocycles. The van der Waals surface area contributed by atoms with Crippen molar-refractivity contribution in [3.05, 3.63) is 65.0 Å². The number of hydrogen-bond donors (Lipinski definition) is 0. The summed E-state index contributed by atoms with van der Waals surface area (Å²) >= 11 is 0. The highest BCUT2D eigenvalue weighted by molar-refractivity contribution is 5.40. The van der Waals surface area contributed by atoms with E-state index in [2.05, 4.69) is 35.0 Å². The first-order valence-corrected chi connectivity index (χ1v) is 5.36.